The zero-order chi connectivity index (χ0) is 51.3. The molecule has 15 heteroatoms. The van der Waals surface area contributed by atoms with Gasteiger partial charge in [-0.2, -0.15) is 0 Å². The Labute approximate surface area is 421 Å². The number of nitrogens with one attached hydrogen (secondary N) is 1. The summed E-state index contributed by atoms with van der Waals surface area (Å²) in [5, 5.41) is 38.3. The van der Waals surface area contributed by atoms with E-state index in [0.717, 1.165) is 17.7 Å². The number of methoxy groups -OCH3 is 2. The van der Waals surface area contributed by atoms with Gasteiger partial charge in [-0.15, -0.1) is 0 Å². The summed E-state index contributed by atoms with van der Waals surface area (Å²) < 4.78 is 24.0. The van der Waals surface area contributed by atoms with Crippen molar-refractivity contribution in [1.82, 2.24) is 4.90 Å². The van der Waals surface area contributed by atoms with Gasteiger partial charge in [0.05, 0.1) is 18.3 Å². The highest BCUT2D eigenvalue weighted by molar-refractivity contribution is 6.39. The molecule has 70 heavy (non-hydrogen) atoms. The zero-order valence-electron chi connectivity index (χ0n) is 42.8. The fourth-order valence-corrected chi connectivity index (χ4v) is 11.0. The van der Waals surface area contributed by atoms with E-state index in [0.29, 0.717) is 81.2 Å². The van der Waals surface area contributed by atoms with Gasteiger partial charge in [0.2, 0.25) is 5.79 Å². The fraction of sp³-hybridized carbons (Fsp3) is 0.673. The molecule has 5 rings (SSSR count). The van der Waals surface area contributed by atoms with E-state index >= 15 is 0 Å². The minimum atomic E-state index is -2.43. The average molecular weight is 997 g/mol. The van der Waals surface area contributed by atoms with E-state index in [2.05, 4.69) is 5.32 Å². The van der Waals surface area contributed by atoms with Gasteiger partial charge in [-0.25, -0.2) is 4.79 Å². The second kappa shape index (κ2) is 26.8. The van der Waals surface area contributed by atoms with Gasteiger partial charge < -0.3 is 50.2 Å². The molecule has 1 aliphatic carbocycles. The van der Waals surface area contributed by atoms with Crippen LogP contribution >= 0.6 is 11.6 Å². The summed E-state index contributed by atoms with van der Waals surface area (Å²) in [6.07, 6.45) is 13.7. The molecule has 8 unspecified atom stereocenters. The number of piperidine rings is 1. The third kappa shape index (κ3) is 15.4. The lowest BCUT2D eigenvalue weighted by atomic mass is 9.78. The summed E-state index contributed by atoms with van der Waals surface area (Å²) in [5.41, 5.74) is 8.88. The summed E-state index contributed by atoms with van der Waals surface area (Å²) >= 11 is 6.38. The van der Waals surface area contributed by atoms with Gasteiger partial charge in [-0.05, 0) is 139 Å². The lowest BCUT2D eigenvalue weighted by Crippen LogP contribution is -2.61. The molecule has 1 aromatic rings. The number of nitrogens with two attached hydrogens (primary N) is 1. The van der Waals surface area contributed by atoms with E-state index in [1.165, 1.54) is 12.0 Å². The molecule has 0 spiro atoms. The number of aliphatic hydroxyl groups is 3. The molecule has 3 fully saturated rings. The molecule has 390 valence electrons. The maximum atomic E-state index is 14.5. The van der Waals surface area contributed by atoms with Crippen molar-refractivity contribution in [3.63, 3.8) is 0 Å². The van der Waals surface area contributed by atoms with Gasteiger partial charge >= 0.3 is 5.97 Å². The number of fused-ring (bicyclic) bond motifs is 3. The number of nitrogens with zero attached hydrogens (tertiary/aromatic N) is 1. The van der Waals surface area contributed by atoms with Crippen LogP contribution in [-0.4, -0.2) is 125 Å². The van der Waals surface area contributed by atoms with Crippen molar-refractivity contribution in [1.29, 1.82) is 0 Å². The van der Waals surface area contributed by atoms with Crippen molar-refractivity contribution in [2.24, 2.45) is 35.3 Å². The highest BCUT2D eigenvalue weighted by atomic mass is 35.5. The molecule has 1 amide bonds. The first-order chi connectivity index (χ1) is 33.3. The molecule has 3 heterocycles. The highest BCUT2D eigenvalue weighted by Gasteiger charge is 2.53. The number of hydrogen-bond donors (Lipinski definition) is 5. The number of anilines is 1. The number of carbonyl (C=O) groups is 4. The van der Waals surface area contributed by atoms with Gasteiger partial charge in [0.15, 0.2) is 5.78 Å². The Hall–Kier alpha value is -3.73. The molecule has 0 aromatic heterocycles. The molecule has 2 saturated heterocycles. The standard InChI is InChI=1S/C55H82ClN3O11/c1-33-15-10-9-11-16-34(2)44(58-42-18-14-17-40(56)31-42)32-43-23-20-38(6)55(66,70-43)52(63)53(64)59-26-13-12-19-45(59)54(65)69-47(35(3)28-39-21-24-46(60)48(30-39)67-7)25-22-41(57)29-37(5)50(62)51(68-8)49(61)36(4)27-33/h9-11,14-18,29,31,33,35-36,38-39,41,43-48,50-51,58,60,62,66H,12-13,19-28,30,32,57H2,1-8H3/b11-9+,15-10+,34-16+,37-29+/t33-,35-,36?,38?,39?,41+,43+,44?,45?,46-,47+,48?,50?,51+,55?/m1/s1. The number of rotatable bonds is 7. The number of ether oxygens (including phenoxy) is 4. The van der Waals surface area contributed by atoms with Crippen molar-refractivity contribution < 1.29 is 53.4 Å². The summed E-state index contributed by atoms with van der Waals surface area (Å²) in [4.78, 5) is 58.4. The first-order valence-corrected chi connectivity index (χ1v) is 26.0. The van der Waals surface area contributed by atoms with Crippen molar-refractivity contribution in [2.45, 2.75) is 186 Å². The van der Waals surface area contributed by atoms with Gasteiger partial charge in [-0.1, -0.05) is 87.4 Å². The van der Waals surface area contributed by atoms with E-state index in [4.69, 9.17) is 36.3 Å². The fourth-order valence-electron chi connectivity index (χ4n) is 10.8. The molecule has 6 N–H and O–H groups in total. The van der Waals surface area contributed by atoms with Crippen molar-refractivity contribution in [3.8, 4) is 0 Å². The molecule has 14 nitrogen and oxygen atoms in total. The molecular formula is C55H82ClN3O11. The maximum Gasteiger partial charge on any atom is 0.329 e. The van der Waals surface area contributed by atoms with E-state index in [9.17, 15) is 34.5 Å². The quantitative estimate of drug-likeness (QED) is 0.101. The Morgan fingerprint density at radius 2 is 1.67 bits per heavy atom. The van der Waals surface area contributed by atoms with Crippen LogP contribution in [0.25, 0.3) is 0 Å². The number of aliphatic hydroxyl groups excluding tert-OH is 2. The Morgan fingerprint density at radius 1 is 0.914 bits per heavy atom. The predicted octanol–water partition coefficient (Wildman–Crippen LogP) is 7.81. The minimum absolute atomic E-state index is 0.0251. The smallest absolute Gasteiger partial charge is 0.329 e. The van der Waals surface area contributed by atoms with Crippen molar-refractivity contribution >= 4 is 40.7 Å². The first kappa shape index (κ1) is 57.2. The molecular weight excluding hydrogens is 914 g/mol. The Morgan fingerprint density at radius 3 is 2.39 bits per heavy atom. The molecule has 15 atom stereocenters. The molecule has 1 aromatic carbocycles. The van der Waals surface area contributed by atoms with Crippen LogP contribution in [0.4, 0.5) is 5.69 Å². The zero-order valence-corrected chi connectivity index (χ0v) is 43.5. The number of ketones is 2. The monoisotopic (exact) mass is 996 g/mol. The summed E-state index contributed by atoms with van der Waals surface area (Å²) in [6, 6.07) is 5.36. The Balaban J connectivity index is 1.48. The van der Waals surface area contributed by atoms with Gasteiger partial charge in [0, 0.05) is 55.4 Å². The number of allylic oxidation sites excluding steroid dienone is 5. The van der Waals surface area contributed by atoms with Crippen LogP contribution in [0.5, 0.6) is 0 Å². The van der Waals surface area contributed by atoms with Crippen LogP contribution in [0.3, 0.4) is 0 Å². The highest BCUT2D eigenvalue weighted by Crippen LogP contribution is 2.38. The molecule has 3 aliphatic heterocycles. The van der Waals surface area contributed by atoms with Crippen molar-refractivity contribution in [2.75, 3.05) is 26.1 Å². The second-order valence-corrected chi connectivity index (χ2v) is 21.3. The van der Waals surface area contributed by atoms with Crippen LogP contribution in [0, 0.1) is 29.6 Å². The van der Waals surface area contributed by atoms with Crippen LogP contribution in [-0.2, 0) is 38.1 Å². The van der Waals surface area contributed by atoms with Gasteiger partial charge in [0.1, 0.15) is 24.4 Å². The maximum absolute atomic E-state index is 14.5. The summed E-state index contributed by atoms with van der Waals surface area (Å²) in [6.45, 7) is 11.4. The number of esters is 1. The summed E-state index contributed by atoms with van der Waals surface area (Å²) in [5.74, 6) is -6.46. The summed E-state index contributed by atoms with van der Waals surface area (Å²) in [7, 11) is 3.01. The minimum Gasteiger partial charge on any atom is -0.461 e. The largest absolute Gasteiger partial charge is 0.461 e. The number of halogens is 1. The van der Waals surface area contributed by atoms with Crippen LogP contribution in [0.15, 0.2) is 71.9 Å². The number of amides is 1. The van der Waals surface area contributed by atoms with Crippen LogP contribution < -0.4 is 11.1 Å². The first-order valence-electron chi connectivity index (χ1n) is 25.6. The second-order valence-electron chi connectivity index (χ2n) is 20.9. The lowest BCUT2D eigenvalue weighted by molar-refractivity contribution is -0.263. The number of carbonyl (C=O) groups excluding carboxylic acids is 4. The predicted molar refractivity (Wildman–Crippen MR) is 272 cm³/mol. The van der Waals surface area contributed by atoms with Gasteiger partial charge in [-0.3, -0.25) is 14.4 Å². The third-order valence-electron chi connectivity index (χ3n) is 15.3. The van der Waals surface area contributed by atoms with Crippen LogP contribution in [0.1, 0.15) is 125 Å². The Bertz CT molecular complexity index is 2040. The topological polar surface area (TPSA) is 207 Å². The SMILES string of the molecule is COC1CC(C[C@@H](C)[C@@H]2CC[C@H](N)/C=C(\C)C(O)[C@@H](OC)C(=O)C(C)C[C@H](C)/C=C/C=C/C=C(\C)C(Nc3cccc(Cl)c3)C[C@@H]3CCC(C)C(O)(O3)C(=O)C(=O)N3CCCCC3C(=O)O2)CC[C@H]1O. The average Bonchev–Trinajstić information content (AvgIpc) is 3.33. The molecule has 1 saturated carbocycles. The third-order valence-corrected chi connectivity index (χ3v) is 15.5. The normalized spacial score (nSPS) is 38.2. The van der Waals surface area contributed by atoms with E-state index in [1.807, 2.05) is 76.3 Å². The van der Waals surface area contributed by atoms with Crippen LogP contribution in [0.2, 0.25) is 5.02 Å². The number of benzene rings is 1. The van der Waals surface area contributed by atoms with E-state index in [-0.39, 0.29) is 48.6 Å². The van der Waals surface area contributed by atoms with E-state index < -0.39 is 77.9 Å². The molecule has 0 radical (unpaired) electrons. The number of Topliss-reactive ketones (excluding diaryl/α,β-unsaturated/α-hetero) is 2. The van der Waals surface area contributed by atoms with E-state index in [1.54, 1.807) is 33.1 Å². The number of cyclic esters (lactones) is 1. The van der Waals surface area contributed by atoms with Crippen molar-refractivity contribution in [3.05, 3.63) is 76.9 Å². The Kier molecular flexibility index (Phi) is 21.9. The molecule has 4 aliphatic rings. The number of hydrogen-bond acceptors (Lipinski definition) is 13. The molecule has 2 bridgehead atoms. The lowest BCUT2D eigenvalue weighted by Gasteiger charge is -2.43. The van der Waals surface area contributed by atoms with Gasteiger partial charge in [0.25, 0.3) is 11.7 Å².